The van der Waals surface area contributed by atoms with E-state index in [4.69, 9.17) is 9.73 Å². The molecule has 6 nitrogen and oxygen atoms in total. The van der Waals surface area contributed by atoms with E-state index >= 15 is 0 Å². The van der Waals surface area contributed by atoms with Gasteiger partial charge in [-0.05, 0) is 103 Å². The molecule has 7 rings (SSSR count). The number of hydrogen-bond donors (Lipinski definition) is 2. The van der Waals surface area contributed by atoms with Crippen molar-refractivity contribution in [2.24, 2.45) is 28.7 Å². The fraction of sp³-hybridized carbons (Fsp3) is 0.792. The molecule has 7 heteroatoms. The van der Waals surface area contributed by atoms with Gasteiger partial charge >= 0.3 is 0 Å². The van der Waals surface area contributed by atoms with Crippen molar-refractivity contribution in [3.8, 4) is 0 Å². The van der Waals surface area contributed by atoms with E-state index in [0.717, 1.165) is 37.9 Å². The lowest BCUT2D eigenvalue weighted by Gasteiger charge is -2.58. The maximum absolute atomic E-state index is 13.5. The number of aliphatic imine (C=N–C) groups is 1. The summed E-state index contributed by atoms with van der Waals surface area (Å²) < 4.78 is 8.51. The summed E-state index contributed by atoms with van der Waals surface area (Å²) in [6.45, 7) is 6.05. The van der Waals surface area contributed by atoms with Crippen LogP contribution in [-0.2, 0) is 9.53 Å². The van der Waals surface area contributed by atoms with Crippen LogP contribution in [0.5, 0.6) is 0 Å². The summed E-state index contributed by atoms with van der Waals surface area (Å²) in [5, 5.41) is 14.3. The van der Waals surface area contributed by atoms with E-state index in [1.807, 2.05) is 6.20 Å². The number of nitrogens with zero attached hydrogens (tertiary/aromatic N) is 2. The molecule has 5 aliphatic carbocycles. The van der Waals surface area contributed by atoms with E-state index in [9.17, 15) is 9.90 Å². The van der Waals surface area contributed by atoms with Gasteiger partial charge in [-0.3, -0.25) is 4.79 Å². The highest BCUT2D eigenvalue weighted by Crippen LogP contribution is 2.55. The number of aliphatic hydroxyl groups is 1. The largest absolute Gasteiger partial charge is 0.390 e. The average Bonchev–Trinajstić information content (AvgIpc) is 3.53. The van der Waals surface area contributed by atoms with Gasteiger partial charge < -0.3 is 20.1 Å². The standard InChI is InChI=1S/C24H34IN3O3/c1-13-11-28(12-14(2)31-13)23-25-20(16-3-4-16)19(10-26-23)22(29)27-21-17-5-15-6-18(21)9-24(30,7-15)8-17/h10,13-18,21,30H,3-9,11-12H2,1-2H3,(H,27,29)/t13-,14+,15?,17?,18?,21?,24?. The molecule has 2 aliphatic heterocycles. The topological polar surface area (TPSA) is 74.2 Å². The van der Waals surface area contributed by atoms with E-state index < -0.39 is 26.3 Å². The molecule has 2 heterocycles. The lowest BCUT2D eigenvalue weighted by atomic mass is 9.52. The molecule has 31 heavy (non-hydrogen) atoms. The molecule has 7 aliphatic rings. The third-order valence-electron chi connectivity index (χ3n) is 8.14. The lowest BCUT2D eigenvalue weighted by molar-refractivity contribution is -0.145. The van der Waals surface area contributed by atoms with Gasteiger partial charge in [0, 0.05) is 28.8 Å². The van der Waals surface area contributed by atoms with Gasteiger partial charge in [-0.15, -0.1) is 0 Å². The Morgan fingerprint density at radius 3 is 2.48 bits per heavy atom. The van der Waals surface area contributed by atoms with Crippen molar-refractivity contribution in [1.29, 1.82) is 0 Å². The number of rotatable bonds is 3. The zero-order chi connectivity index (χ0) is 21.3. The average molecular weight is 539 g/mol. The molecule has 1 saturated heterocycles. The number of nitrogens with one attached hydrogen (secondary N) is 1. The van der Waals surface area contributed by atoms with Gasteiger partial charge in [0.2, 0.25) is 0 Å². The smallest absolute Gasteiger partial charge is 0.253 e. The van der Waals surface area contributed by atoms with Crippen LogP contribution in [0.25, 0.3) is 0 Å². The maximum atomic E-state index is 13.5. The molecule has 1 amide bonds. The fourth-order valence-electron chi connectivity index (χ4n) is 7.06. The van der Waals surface area contributed by atoms with Crippen LogP contribution in [0.4, 0.5) is 0 Å². The van der Waals surface area contributed by atoms with E-state index in [0.29, 0.717) is 23.7 Å². The van der Waals surface area contributed by atoms with Gasteiger partial charge in [0.25, 0.3) is 5.91 Å². The number of morpholine rings is 1. The monoisotopic (exact) mass is 539 g/mol. The Kier molecular flexibility index (Phi) is 5.11. The van der Waals surface area contributed by atoms with Gasteiger partial charge in [0.1, 0.15) is 0 Å². The summed E-state index contributed by atoms with van der Waals surface area (Å²) in [6.07, 6.45) is 9.80. The highest BCUT2D eigenvalue weighted by molar-refractivity contribution is 14.2. The molecule has 0 aromatic carbocycles. The Morgan fingerprint density at radius 2 is 1.87 bits per heavy atom. The van der Waals surface area contributed by atoms with Crippen molar-refractivity contribution >= 4 is 34.0 Å². The van der Waals surface area contributed by atoms with E-state index in [2.05, 4.69) is 24.1 Å². The number of carbonyl (C=O) groups is 1. The number of ether oxygens (including phenoxy) is 1. The maximum Gasteiger partial charge on any atom is 0.253 e. The van der Waals surface area contributed by atoms with Gasteiger partial charge in [-0.1, -0.05) is 0 Å². The zero-order valence-corrected chi connectivity index (χ0v) is 20.7. The number of carbonyl (C=O) groups excluding carboxylic acids is 1. The second-order valence-electron chi connectivity index (χ2n) is 11.0. The first-order valence-electron chi connectivity index (χ1n) is 12.1. The van der Waals surface area contributed by atoms with Crippen LogP contribution in [0.3, 0.4) is 0 Å². The van der Waals surface area contributed by atoms with Gasteiger partial charge in [-0.25, -0.2) is 4.99 Å². The Labute approximate surface area is 194 Å². The Bertz CT molecular complexity index is 853. The quantitative estimate of drug-likeness (QED) is 0.428. The molecular formula is C24H34IN3O3. The predicted molar refractivity (Wildman–Crippen MR) is 129 cm³/mol. The highest BCUT2D eigenvalue weighted by Gasteiger charge is 2.55. The first kappa shape index (κ1) is 20.8. The molecule has 0 radical (unpaired) electrons. The summed E-state index contributed by atoms with van der Waals surface area (Å²) in [7, 11) is 0. The van der Waals surface area contributed by atoms with Crippen molar-refractivity contribution in [1.82, 2.24) is 10.2 Å². The van der Waals surface area contributed by atoms with Crippen molar-refractivity contribution in [3.63, 3.8) is 0 Å². The van der Waals surface area contributed by atoms with Gasteiger partial charge in [-0.2, -0.15) is 0 Å². The van der Waals surface area contributed by atoms with E-state index in [1.54, 1.807) is 0 Å². The van der Waals surface area contributed by atoms with Crippen LogP contribution in [0.15, 0.2) is 16.8 Å². The summed E-state index contributed by atoms with van der Waals surface area (Å²) in [6, 6.07) is 0.232. The number of amides is 1. The molecule has 4 bridgehead atoms. The summed E-state index contributed by atoms with van der Waals surface area (Å²) in [5.74, 6) is 2.23. The second kappa shape index (κ2) is 7.62. The first-order valence-corrected chi connectivity index (χ1v) is 14.3. The third-order valence-corrected chi connectivity index (χ3v) is 11.6. The summed E-state index contributed by atoms with van der Waals surface area (Å²) in [4.78, 5) is 20.7. The first-order chi connectivity index (χ1) is 14.9. The van der Waals surface area contributed by atoms with E-state index in [1.165, 1.54) is 33.0 Å². The number of amidine groups is 1. The Hall–Kier alpha value is -0.800. The summed E-state index contributed by atoms with van der Waals surface area (Å²) >= 11 is -0.411. The van der Waals surface area contributed by atoms with Crippen molar-refractivity contribution in [3.05, 3.63) is 11.8 Å². The van der Waals surface area contributed by atoms with E-state index in [-0.39, 0.29) is 24.2 Å². The number of hydrogen-bond acceptors (Lipinski definition) is 5. The van der Waals surface area contributed by atoms with Crippen LogP contribution in [0.2, 0.25) is 0 Å². The van der Waals surface area contributed by atoms with Gasteiger partial charge in [0.05, 0.1) is 23.4 Å². The Balaban J connectivity index is 1.21. The van der Waals surface area contributed by atoms with Crippen LogP contribution >= 0.6 is 20.7 Å². The predicted octanol–water partition coefficient (Wildman–Crippen LogP) is 2.96. The Morgan fingerprint density at radius 1 is 1.19 bits per heavy atom. The zero-order valence-electron chi connectivity index (χ0n) is 18.5. The minimum Gasteiger partial charge on any atom is -0.390 e. The normalized spacial score (nSPS) is 44.2. The second-order valence-corrected chi connectivity index (χ2v) is 13.7. The number of halogens is 1. The minimum atomic E-state index is -0.454. The van der Waals surface area contributed by atoms with Crippen LogP contribution in [0, 0.1) is 23.7 Å². The molecule has 6 fully saturated rings. The fourth-order valence-corrected chi connectivity index (χ4v) is 10.3. The molecule has 0 spiro atoms. The molecule has 2 unspecified atom stereocenters. The van der Waals surface area contributed by atoms with Crippen LogP contribution in [-0.4, -0.2) is 60.2 Å². The van der Waals surface area contributed by atoms with Crippen molar-refractivity contribution < 1.29 is 14.6 Å². The highest BCUT2D eigenvalue weighted by atomic mass is 127. The third kappa shape index (κ3) is 3.92. The van der Waals surface area contributed by atoms with Crippen LogP contribution in [0.1, 0.15) is 58.8 Å². The lowest BCUT2D eigenvalue weighted by Crippen LogP contribution is -2.61. The van der Waals surface area contributed by atoms with Crippen molar-refractivity contribution in [2.45, 2.75) is 82.6 Å². The molecule has 170 valence electrons. The molecular weight excluding hydrogens is 505 g/mol. The molecule has 5 saturated carbocycles. The van der Waals surface area contributed by atoms with Crippen molar-refractivity contribution in [2.75, 3.05) is 13.1 Å². The molecule has 0 aromatic rings. The molecule has 0 aromatic heterocycles. The molecule has 2 N–H and O–H groups in total. The SMILES string of the molecule is C[C@@H]1CN(C2=NC=C(C(=O)NC3C4CC5CC3CC(O)(C5)C4)C(C3CC3)=I2)C[C@H](C)O1. The summed E-state index contributed by atoms with van der Waals surface area (Å²) in [5.41, 5.74) is 0.408. The minimum absolute atomic E-state index is 0.0950. The van der Waals surface area contributed by atoms with Gasteiger partial charge in [0.15, 0.2) is 3.84 Å². The molecule has 4 atom stereocenters. The van der Waals surface area contributed by atoms with Crippen LogP contribution < -0.4 is 5.32 Å².